The second-order valence-corrected chi connectivity index (χ2v) is 3.31. The second kappa shape index (κ2) is 3.75. The predicted octanol–water partition coefficient (Wildman–Crippen LogP) is 1.18. The summed E-state index contributed by atoms with van der Waals surface area (Å²) in [7, 11) is 0. The summed E-state index contributed by atoms with van der Waals surface area (Å²) in [6.45, 7) is 2.70. The quantitative estimate of drug-likeness (QED) is 0.790. The zero-order valence-electron chi connectivity index (χ0n) is 8.22. The minimum Gasteiger partial charge on any atom is -0.330 e. The lowest BCUT2D eigenvalue weighted by Gasteiger charge is -2.05. The van der Waals surface area contributed by atoms with Gasteiger partial charge in [0.1, 0.15) is 0 Å². The van der Waals surface area contributed by atoms with Gasteiger partial charge in [-0.05, 0) is 18.6 Å². The van der Waals surface area contributed by atoms with Crippen LogP contribution < -0.4 is 5.73 Å². The molecule has 2 rings (SSSR count). The predicted molar refractivity (Wildman–Crippen MR) is 55.1 cm³/mol. The summed E-state index contributed by atoms with van der Waals surface area (Å²) in [6.07, 6.45) is 2.88. The Balaban J connectivity index is 2.43. The molecule has 4 heteroatoms. The van der Waals surface area contributed by atoms with Crippen molar-refractivity contribution in [2.75, 3.05) is 6.54 Å². The van der Waals surface area contributed by atoms with E-state index in [2.05, 4.69) is 17.0 Å². The van der Waals surface area contributed by atoms with Crippen LogP contribution >= 0.6 is 0 Å². The van der Waals surface area contributed by atoms with E-state index in [-0.39, 0.29) is 5.92 Å². The Hall–Kier alpha value is -1.42. The van der Waals surface area contributed by atoms with Crippen LogP contribution in [0.25, 0.3) is 5.65 Å². The van der Waals surface area contributed by atoms with E-state index < -0.39 is 0 Å². The van der Waals surface area contributed by atoms with E-state index in [4.69, 9.17) is 5.73 Å². The molecule has 1 atom stereocenters. The maximum Gasteiger partial charge on any atom is 0.156 e. The minimum atomic E-state index is 0.273. The van der Waals surface area contributed by atoms with Crippen molar-refractivity contribution in [1.29, 1.82) is 0 Å². The van der Waals surface area contributed by atoms with Gasteiger partial charge >= 0.3 is 0 Å². The highest BCUT2D eigenvalue weighted by atomic mass is 15.3. The summed E-state index contributed by atoms with van der Waals surface area (Å²) < 4.78 is 1.79. The average Bonchev–Trinajstić information content (AvgIpc) is 2.63. The highest BCUT2D eigenvalue weighted by molar-refractivity contribution is 5.36. The van der Waals surface area contributed by atoms with Gasteiger partial charge in [-0.2, -0.15) is 5.10 Å². The van der Waals surface area contributed by atoms with Gasteiger partial charge in [0.2, 0.25) is 0 Å². The Kier molecular flexibility index (Phi) is 2.45. The molecule has 4 nitrogen and oxygen atoms in total. The van der Waals surface area contributed by atoms with Crippen molar-refractivity contribution in [3.63, 3.8) is 0 Å². The van der Waals surface area contributed by atoms with Crippen molar-refractivity contribution in [3.8, 4) is 0 Å². The number of nitrogens with two attached hydrogens (primary N) is 1. The largest absolute Gasteiger partial charge is 0.330 e. The summed E-state index contributed by atoms with van der Waals surface area (Å²) in [5.74, 6) is 1.12. The molecule has 0 spiro atoms. The summed E-state index contributed by atoms with van der Waals surface area (Å²) in [5, 5.41) is 4.38. The molecule has 2 aromatic rings. The van der Waals surface area contributed by atoms with Gasteiger partial charge in [0.25, 0.3) is 0 Å². The lowest BCUT2D eigenvalue weighted by molar-refractivity contribution is 0.629. The maximum absolute atomic E-state index is 5.65. The first kappa shape index (κ1) is 9.15. The number of nitrogens with zero attached hydrogens (tertiary/aromatic N) is 3. The summed E-state index contributed by atoms with van der Waals surface area (Å²) in [5.41, 5.74) is 6.53. The van der Waals surface area contributed by atoms with Gasteiger partial charge < -0.3 is 5.73 Å². The molecule has 14 heavy (non-hydrogen) atoms. The van der Waals surface area contributed by atoms with Gasteiger partial charge in [0.05, 0.1) is 0 Å². The molecule has 0 amide bonds. The lowest BCUT2D eigenvalue weighted by Crippen LogP contribution is -2.13. The molecular formula is C10H14N4. The zero-order chi connectivity index (χ0) is 9.97. The van der Waals surface area contributed by atoms with Gasteiger partial charge in [-0.1, -0.05) is 13.0 Å². The molecule has 0 aliphatic rings. The molecule has 0 bridgehead atoms. The molecular weight excluding hydrogens is 176 g/mol. The fourth-order valence-electron chi connectivity index (χ4n) is 1.48. The molecule has 0 aliphatic heterocycles. The number of aromatic nitrogens is 3. The average molecular weight is 190 g/mol. The van der Waals surface area contributed by atoms with Crippen molar-refractivity contribution in [2.24, 2.45) is 5.73 Å². The van der Waals surface area contributed by atoms with Gasteiger partial charge in [-0.3, -0.25) is 0 Å². The maximum atomic E-state index is 5.65. The van der Waals surface area contributed by atoms with Crippen LogP contribution in [-0.4, -0.2) is 21.1 Å². The molecule has 0 aliphatic carbocycles. The number of fused-ring (bicyclic) bond motifs is 1. The fraction of sp³-hybridized carbons (Fsp3) is 0.400. The Morgan fingerprint density at radius 1 is 1.50 bits per heavy atom. The summed E-state index contributed by atoms with van der Waals surface area (Å²) in [6, 6.07) is 5.84. The van der Waals surface area contributed by atoms with Crippen molar-refractivity contribution >= 4 is 5.65 Å². The number of rotatable bonds is 3. The SMILES string of the molecule is CCC(CN)c1nc2ccccn2n1. The summed E-state index contributed by atoms with van der Waals surface area (Å²) >= 11 is 0. The van der Waals surface area contributed by atoms with Crippen molar-refractivity contribution in [3.05, 3.63) is 30.2 Å². The molecule has 0 saturated heterocycles. The highest BCUT2D eigenvalue weighted by Crippen LogP contribution is 2.14. The molecule has 74 valence electrons. The van der Waals surface area contributed by atoms with Crippen LogP contribution in [0.3, 0.4) is 0 Å². The molecule has 1 unspecified atom stereocenters. The number of hydrogen-bond acceptors (Lipinski definition) is 3. The first-order chi connectivity index (χ1) is 6.85. The Labute approximate surface area is 82.8 Å². The molecule has 2 N–H and O–H groups in total. The van der Waals surface area contributed by atoms with E-state index in [1.54, 1.807) is 4.52 Å². The van der Waals surface area contributed by atoms with Gasteiger partial charge in [-0.15, -0.1) is 0 Å². The third kappa shape index (κ3) is 1.48. The number of pyridine rings is 1. The first-order valence-corrected chi connectivity index (χ1v) is 4.86. The molecule has 0 fully saturated rings. The van der Waals surface area contributed by atoms with E-state index in [0.717, 1.165) is 17.9 Å². The topological polar surface area (TPSA) is 56.2 Å². The monoisotopic (exact) mass is 190 g/mol. The van der Waals surface area contributed by atoms with Crippen LogP contribution in [0.5, 0.6) is 0 Å². The molecule has 0 aromatic carbocycles. The van der Waals surface area contributed by atoms with Crippen molar-refractivity contribution < 1.29 is 0 Å². The van der Waals surface area contributed by atoms with Gasteiger partial charge in [0.15, 0.2) is 11.5 Å². The molecule has 0 saturated carbocycles. The smallest absolute Gasteiger partial charge is 0.156 e. The van der Waals surface area contributed by atoms with E-state index in [1.165, 1.54) is 0 Å². The van der Waals surface area contributed by atoms with Crippen LogP contribution in [0.15, 0.2) is 24.4 Å². The van der Waals surface area contributed by atoms with E-state index in [0.29, 0.717) is 6.54 Å². The van der Waals surface area contributed by atoms with Crippen molar-refractivity contribution in [2.45, 2.75) is 19.3 Å². The third-order valence-electron chi connectivity index (χ3n) is 2.40. The van der Waals surface area contributed by atoms with Crippen LogP contribution in [0.2, 0.25) is 0 Å². The fourth-order valence-corrected chi connectivity index (χ4v) is 1.48. The second-order valence-electron chi connectivity index (χ2n) is 3.31. The summed E-state index contributed by atoms with van der Waals surface area (Å²) in [4.78, 5) is 4.43. The minimum absolute atomic E-state index is 0.273. The normalized spacial score (nSPS) is 13.3. The van der Waals surface area contributed by atoms with Crippen LogP contribution in [-0.2, 0) is 0 Å². The van der Waals surface area contributed by atoms with E-state index in [1.807, 2.05) is 24.4 Å². The molecule has 2 heterocycles. The standard InChI is InChI=1S/C10H14N4/c1-2-8(7-11)10-12-9-5-3-4-6-14(9)13-10/h3-6,8H,2,7,11H2,1H3. The van der Waals surface area contributed by atoms with E-state index in [9.17, 15) is 0 Å². The van der Waals surface area contributed by atoms with Crippen LogP contribution in [0, 0.1) is 0 Å². The zero-order valence-corrected chi connectivity index (χ0v) is 8.22. The first-order valence-electron chi connectivity index (χ1n) is 4.86. The Bertz CT molecular complexity index is 384. The molecule has 2 aromatic heterocycles. The van der Waals surface area contributed by atoms with Crippen LogP contribution in [0.4, 0.5) is 0 Å². The van der Waals surface area contributed by atoms with Gasteiger partial charge in [0, 0.05) is 18.7 Å². The highest BCUT2D eigenvalue weighted by Gasteiger charge is 2.12. The lowest BCUT2D eigenvalue weighted by atomic mass is 10.1. The van der Waals surface area contributed by atoms with E-state index >= 15 is 0 Å². The van der Waals surface area contributed by atoms with Crippen LogP contribution in [0.1, 0.15) is 25.1 Å². The Morgan fingerprint density at radius 3 is 3.00 bits per heavy atom. The Morgan fingerprint density at radius 2 is 2.36 bits per heavy atom. The molecule has 0 radical (unpaired) electrons. The number of hydrogen-bond donors (Lipinski definition) is 1. The van der Waals surface area contributed by atoms with Crippen molar-refractivity contribution in [1.82, 2.24) is 14.6 Å². The van der Waals surface area contributed by atoms with Gasteiger partial charge in [-0.25, -0.2) is 9.50 Å². The third-order valence-corrected chi connectivity index (χ3v) is 2.40.